The second kappa shape index (κ2) is 8.02. The minimum atomic E-state index is 0.471. The summed E-state index contributed by atoms with van der Waals surface area (Å²) in [4.78, 5) is 10.6. The lowest BCUT2D eigenvalue weighted by Gasteiger charge is -2.11. The zero-order chi connectivity index (χ0) is 15.8. The van der Waals surface area contributed by atoms with Gasteiger partial charge < -0.3 is 16.0 Å². The number of nitrogens with one attached hydrogen (secondary N) is 1. The van der Waals surface area contributed by atoms with Crippen LogP contribution in [0.4, 0.5) is 5.82 Å². The Morgan fingerprint density at radius 1 is 1.18 bits per heavy atom. The Morgan fingerprint density at radius 3 is 2.68 bits per heavy atom. The summed E-state index contributed by atoms with van der Waals surface area (Å²) < 4.78 is 0. The van der Waals surface area contributed by atoms with E-state index in [1.54, 1.807) is 6.20 Å². The van der Waals surface area contributed by atoms with Crippen LogP contribution in [0.5, 0.6) is 0 Å². The van der Waals surface area contributed by atoms with E-state index in [2.05, 4.69) is 27.4 Å². The van der Waals surface area contributed by atoms with Gasteiger partial charge in [-0.3, -0.25) is 0 Å². The molecule has 5 nitrogen and oxygen atoms in total. The van der Waals surface area contributed by atoms with Crippen LogP contribution < -0.4 is 16.0 Å². The molecule has 0 amide bonds. The van der Waals surface area contributed by atoms with E-state index in [4.69, 9.17) is 5.73 Å². The molecule has 0 aliphatic heterocycles. The second-order valence-corrected chi connectivity index (χ2v) is 5.28. The average molecular weight is 297 g/mol. The molecule has 0 spiro atoms. The lowest BCUT2D eigenvalue weighted by molar-refractivity contribution is 0.847. The van der Waals surface area contributed by atoms with Crippen LogP contribution in [0.1, 0.15) is 11.1 Å². The number of anilines is 1. The second-order valence-electron chi connectivity index (χ2n) is 5.28. The fourth-order valence-corrected chi connectivity index (χ4v) is 2.02. The van der Waals surface area contributed by atoms with Crippen LogP contribution >= 0.6 is 0 Å². The van der Waals surface area contributed by atoms with Gasteiger partial charge in [0, 0.05) is 26.8 Å². The molecule has 1 aromatic carbocycles. The quantitative estimate of drug-likeness (QED) is 0.630. The third-order valence-electron chi connectivity index (χ3n) is 3.26. The number of aromatic nitrogens is 1. The van der Waals surface area contributed by atoms with E-state index in [-0.39, 0.29) is 0 Å². The molecule has 0 saturated carbocycles. The SMILES string of the molecule is CN(C)c1cc(CN=C(N)NCCc2ccccc2)ccn1. The van der Waals surface area contributed by atoms with E-state index in [1.807, 2.05) is 49.3 Å². The van der Waals surface area contributed by atoms with Crippen molar-refractivity contribution in [1.82, 2.24) is 10.3 Å². The summed E-state index contributed by atoms with van der Waals surface area (Å²) in [5.74, 6) is 1.39. The zero-order valence-electron chi connectivity index (χ0n) is 13.2. The molecular weight excluding hydrogens is 274 g/mol. The van der Waals surface area contributed by atoms with Crippen molar-refractivity contribution in [2.75, 3.05) is 25.5 Å². The molecule has 0 aliphatic carbocycles. The van der Waals surface area contributed by atoms with Gasteiger partial charge in [-0.15, -0.1) is 0 Å². The number of pyridine rings is 1. The first-order chi connectivity index (χ1) is 10.6. The predicted octanol–water partition coefficient (Wildman–Crippen LogP) is 1.79. The molecule has 0 saturated heterocycles. The van der Waals surface area contributed by atoms with Gasteiger partial charge in [-0.25, -0.2) is 9.98 Å². The normalized spacial score (nSPS) is 11.3. The Balaban J connectivity index is 1.81. The van der Waals surface area contributed by atoms with Gasteiger partial charge in [0.05, 0.1) is 6.54 Å². The van der Waals surface area contributed by atoms with Crippen molar-refractivity contribution < 1.29 is 0 Å². The third kappa shape index (κ3) is 5.09. The summed E-state index contributed by atoms with van der Waals surface area (Å²) in [7, 11) is 3.93. The summed E-state index contributed by atoms with van der Waals surface area (Å²) in [5.41, 5.74) is 8.27. The van der Waals surface area contributed by atoms with Gasteiger partial charge >= 0.3 is 0 Å². The summed E-state index contributed by atoms with van der Waals surface area (Å²) in [6.07, 6.45) is 2.72. The van der Waals surface area contributed by atoms with Crippen LogP contribution in [-0.4, -0.2) is 31.6 Å². The van der Waals surface area contributed by atoms with Crippen LogP contribution in [0.2, 0.25) is 0 Å². The lowest BCUT2D eigenvalue weighted by atomic mass is 10.1. The van der Waals surface area contributed by atoms with Crippen molar-refractivity contribution >= 4 is 11.8 Å². The van der Waals surface area contributed by atoms with E-state index >= 15 is 0 Å². The minimum absolute atomic E-state index is 0.471. The van der Waals surface area contributed by atoms with Gasteiger partial charge in [0.25, 0.3) is 0 Å². The first kappa shape index (κ1) is 15.8. The molecular formula is C17H23N5. The van der Waals surface area contributed by atoms with Crippen LogP contribution in [0.15, 0.2) is 53.7 Å². The van der Waals surface area contributed by atoms with Crippen molar-refractivity contribution in [3.05, 3.63) is 59.8 Å². The summed E-state index contributed by atoms with van der Waals surface area (Å²) >= 11 is 0. The van der Waals surface area contributed by atoms with E-state index < -0.39 is 0 Å². The first-order valence-corrected chi connectivity index (χ1v) is 7.35. The van der Waals surface area contributed by atoms with Crippen molar-refractivity contribution in [2.24, 2.45) is 10.7 Å². The number of aliphatic imine (C=N–C) groups is 1. The minimum Gasteiger partial charge on any atom is -0.370 e. The maximum absolute atomic E-state index is 5.90. The highest BCUT2D eigenvalue weighted by molar-refractivity contribution is 5.77. The fourth-order valence-electron chi connectivity index (χ4n) is 2.02. The number of hydrogen-bond acceptors (Lipinski definition) is 3. The molecule has 22 heavy (non-hydrogen) atoms. The largest absolute Gasteiger partial charge is 0.370 e. The first-order valence-electron chi connectivity index (χ1n) is 7.35. The molecule has 0 fully saturated rings. The van der Waals surface area contributed by atoms with Crippen molar-refractivity contribution in [1.29, 1.82) is 0 Å². The topological polar surface area (TPSA) is 66.5 Å². The standard InChI is InChI=1S/C17H23N5/c1-22(2)16-12-15(9-10-19-16)13-21-17(18)20-11-8-14-6-4-3-5-7-14/h3-7,9-10,12H,8,11,13H2,1-2H3,(H3,18,20,21). The highest BCUT2D eigenvalue weighted by Crippen LogP contribution is 2.10. The molecule has 5 heteroatoms. The Labute approximate surface area is 131 Å². The smallest absolute Gasteiger partial charge is 0.188 e. The average Bonchev–Trinajstić information content (AvgIpc) is 2.54. The van der Waals surface area contributed by atoms with Crippen molar-refractivity contribution in [3.63, 3.8) is 0 Å². The molecule has 0 radical (unpaired) electrons. The van der Waals surface area contributed by atoms with Crippen LogP contribution in [0.3, 0.4) is 0 Å². The molecule has 1 aromatic heterocycles. The predicted molar refractivity (Wildman–Crippen MR) is 92.0 cm³/mol. The van der Waals surface area contributed by atoms with Crippen LogP contribution in [-0.2, 0) is 13.0 Å². The van der Waals surface area contributed by atoms with E-state index in [1.165, 1.54) is 5.56 Å². The highest BCUT2D eigenvalue weighted by atomic mass is 15.1. The highest BCUT2D eigenvalue weighted by Gasteiger charge is 1.99. The molecule has 0 bridgehead atoms. The Kier molecular flexibility index (Phi) is 5.77. The number of benzene rings is 1. The summed E-state index contributed by atoms with van der Waals surface area (Å²) in [5, 5.41) is 3.14. The van der Waals surface area contributed by atoms with E-state index in [9.17, 15) is 0 Å². The maximum Gasteiger partial charge on any atom is 0.188 e. The molecule has 1 heterocycles. The van der Waals surface area contributed by atoms with E-state index in [0.717, 1.165) is 24.3 Å². The van der Waals surface area contributed by atoms with Gasteiger partial charge in [-0.1, -0.05) is 30.3 Å². The number of hydrogen-bond donors (Lipinski definition) is 2. The van der Waals surface area contributed by atoms with E-state index in [0.29, 0.717) is 12.5 Å². The zero-order valence-corrected chi connectivity index (χ0v) is 13.2. The molecule has 0 unspecified atom stereocenters. The van der Waals surface area contributed by atoms with Gasteiger partial charge in [0.15, 0.2) is 5.96 Å². The van der Waals surface area contributed by atoms with Crippen molar-refractivity contribution in [3.8, 4) is 0 Å². The van der Waals surface area contributed by atoms with Gasteiger partial charge in [-0.05, 0) is 29.7 Å². The maximum atomic E-state index is 5.90. The molecule has 2 rings (SSSR count). The van der Waals surface area contributed by atoms with Crippen LogP contribution in [0.25, 0.3) is 0 Å². The van der Waals surface area contributed by atoms with Gasteiger partial charge in [0.2, 0.25) is 0 Å². The van der Waals surface area contributed by atoms with Gasteiger partial charge in [-0.2, -0.15) is 0 Å². The monoisotopic (exact) mass is 297 g/mol. The number of guanidine groups is 1. The van der Waals surface area contributed by atoms with Gasteiger partial charge in [0.1, 0.15) is 5.82 Å². The third-order valence-corrected chi connectivity index (χ3v) is 3.26. The van der Waals surface area contributed by atoms with Crippen molar-refractivity contribution in [2.45, 2.75) is 13.0 Å². The Bertz CT molecular complexity index is 607. The number of nitrogens with zero attached hydrogens (tertiary/aromatic N) is 3. The van der Waals surface area contributed by atoms with Crippen LogP contribution in [0, 0.1) is 0 Å². The molecule has 0 atom stereocenters. The molecule has 2 aromatic rings. The molecule has 116 valence electrons. The molecule has 0 aliphatic rings. The fraction of sp³-hybridized carbons (Fsp3) is 0.294. The number of nitrogens with two attached hydrogens (primary N) is 1. The Morgan fingerprint density at radius 2 is 1.95 bits per heavy atom. The lowest BCUT2D eigenvalue weighted by Crippen LogP contribution is -2.33. The Hall–Kier alpha value is -2.56. The summed E-state index contributed by atoms with van der Waals surface area (Å²) in [6.45, 7) is 1.33. The number of rotatable bonds is 6. The summed E-state index contributed by atoms with van der Waals surface area (Å²) in [6, 6.07) is 14.3. The molecule has 3 N–H and O–H groups in total.